The van der Waals surface area contributed by atoms with E-state index in [-0.39, 0.29) is 40.7 Å². The molecular weight excluding hydrogens is 912 g/mol. The number of rotatable bonds is 10. The molecule has 5 N–H and O–H groups in total. The van der Waals surface area contributed by atoms with E-state index in [1.165, 1.54) is 51.1 Å². The summed E-state index contributed by atoms with van der Waals surface area (Å²) in [5.41, 5.74) is 5.34. The summed E-state index contributed by atoms with van der Waals surface area (Å²) in [6.45, 7) is 18.5. The van der Waals surface area contributed by atoms with E-state index in [2.05, 4.69) is 62.8 Å². The number of phenols is 2. The number of hydrogen-bond acceptors (Lipinski definition) is 14. The van der Waals surface area contributed by atoms with Gasteiger partial charge in [-0.25, -0.2) is 4.39 Å². The molecule has 1 amide bonds. The summed E-state index contributed by atoms with van der Waals surface area (Å²) in [5, 5.41) is 41.7. The van der Waals surface area contributed by atoms with Crippen LogP contribution >= 0.6 is 0 Å². The molecule has 378 valence electrons. The molecule has 4 aromatic carbocycles. The van der Waals surface area contributed by atoms with Crippen LogP contribution in [0.3, 0.4) is 0 Å². The lowest BCUT2D eigenvalue weighted by Crippen LogP contribution is -2.42. The maximum absolute atomic E-state index is 16.0. The highest BCUT2D eigenvalue weighted by atomic mass is 19.1. The quantitative estimate of drug-likeness (QED) is 0.0913. The largest absolute Gasteiger partial charge is 0.508 e. The highest BCUT2D eigenvalue weighted by molar-refractivity contribution is 6.00. The van der Waals surface area contributed by atoms with Gasteiger partial charge >= 0.3 is 6.01 Å². The number of piperidine rings is 1. The monoisotopic (exact) mass is 979 g/mol. The number of aryl methyl sites for hydroxylation is 1. The number of amides is 1. The van der Waals surface area contributed by atoms with Gasteiger partial charge in [0, 0.05) is 88.5 Å². The minimum Gasteiger partial charge on any atom is -0.508 e. The fourth-order valence-corrected chi connectivity index (χ4v) is 10.4. The fourth-order valence-electron chi connectivity index (χ4n) is 10.4. The van der Waals surface area contributed by atoms with Crippen LogP contribution in [0.1, 0.15) is 73.3 Å². The Kier molecular flexibility index (Phi) is 15.6. The molecule has 2 unspecified atom stereocenters. The molecule has 11 rings (SSSR count). The molecule has 17 heteroatoms. The van der Waals surface area contributed by atoms with Gasteiger partial charge in [0.05, 0.1) is 18.1 Å². The predicted octanol–water partition coefficient (Wildman–Crippen LogP) is 7.44. The highest BCUT2D eigenvalue weighted by Gasteiger charge is 2.35. The Morgan fingerprint density at radius 3 is 2.36 bits per heavy atom. The number of carbonyl (C=O) groups is 1. The number of hydrogen-bond donors (Lipinski definition) is 5. The van der Waals surface area contributed by atoms with Crippen molar-refractivity contribution in [1.29, 1.82) is 0 Å². The van der Waals surface area contributed by atoms with Crippen LogP contribution in [0.15, 0.2) is 79.0 Å². The molecule has 0 spiro atoms. The molecule has 0 radical (unpaired) electrons. The number of phenolic OH excluding ortho intramolecular Hbond substituents is 2. The molecule has 2 bridgehead atoms. The molecule has 4 saturated heterocycles. The van der Waals surface area contributed by atoms with Crippen molar-refractivity contribution < 1.29 is 24.1 Å². The van der Waals surface area contributed by atoms with Crippen LogP contribution in [0, 0.1) is 18.7 Å². The SMILES string of the molecule is CCNC(=O)c1nnc(-c2cc(C(C)C)c(O)cc2O)n1-c1ccc(CN2CCNCC2)cc1.CN1CCCC1.COc1nc(N2CC3CNC(C3)C2)c2cnc(-c3cccc4cccc(C)c34)c(F)c2n1. The van der Waals surface area contributed by atoms with Crippen LogP contribution < -0.4 is 25.6 Å². The number of methoxy groups -OCH3 is 1. The number of aromatic nitrogens is 6. The zero-order chi connectivity index (χ0) is 50.5. The first-order valence-corrected chi connectivity index (χ1v) is 25.3. The second kappa shape index (κ2) is 22.3. The van der Waals surface area contributed by atoms with Crippen molar-refractivity contribution in [3.05, 3.63) is 107 Å². The summed E-state index contributed by atoms with van der Waals surface area (Å²) in [6.07, 6.45) is 5.71. The van der Waals surface area contributed by atoms with E-state index in [1.54, 1.807) is 16.8 Å². The minimum absolute atomic E-state index is 0.0172. The predicted molar refractivity (Wildman–Crippen MR) is 281 cm³/mol. The van der Waals surface area contributed by atoms with Gasteiger partial charge in [-0.3, -0.25) is 19.2 Å². The van der Waals surface area contributed by atoms with Crippen LogP contribution in [-0.4, -0.2) is 141 Å². The van der Waals surface area contributed by atoms with Crippen molar-refractivity contribution in [2.75, 3.05) is 84.5 Å². The lowest BCUT2D eigenvalue weighted by atomic mass is 9.97. The number of piperazine rings is 1. The van der Waals surface area contributed by atoms with Gasteiger partial charge in [-0.2, -0.15) is 9.97 Å². The van der Waals surface area contributed by atoms with Crippen LogP contribution in [0.5, 0.6) is 17.5 Å². The van der Waals surface area contributed by atoms with Gasteiger partial charge in [-0.05, 0) is 111 Å². The van der Waals surface area contributed by atoms with Gasteiger partial charge in [0.2, 0.25) is 5.82 Å². The van der Waals surface area contributed by atoms with Gasteiger partial charge in [-0.1, -0.05) is 62.4 Å². The zero-order valence-corrected chi connectivity index (χ0v) is 42.3. The van der Waals surface area contributed by atoms with Crippen molar-refractivity contribution in [1.82, 2.24) is 55.5 Å². The molecule has 7 heterocycles. The molecule has 72 heavy (non-hydrogen) atoms. The van der Waals surface area contributed by atoms with E-state index in [1.807, 2.05) is 88.4 Å². The van der Waals surface area contributed by atoms with E-state index >= 15 is 4.39 Å². The first kappa shape index (κ1) is 50.2. The molecule has 2 atom stereocenters. The second-order valence-electron chi connectivity index (χ2n) is 19.6. The number of likely N-dealkylation sites (tertiary alicyclic amines) is 1. The van der Waals surface area contributed by atoms with Crippen LogP contribution in [0.25, 0.3) is 50.0 Å². The minimum atomic E-state index is -0.446. The third-order valence-corrected chi connectivity index (χ3v) is 14.1. The number of ether oxygens (including phenoxy) is 1. The van der Waals surface area contributed by atoms with E-state index in [0.717, 1.165) is 74.3 Å². The number of nitrogens with zero attached hydrogens (tertiary/aromatic N) is 9. The number of benzene rings is 4. The molecule has 4 fully saturated rings. The van der Waals surface area contributed by atoms with Crippen molar-refractivity contribution in [2.24, 2.45) is 5.92 Å². The van der Waals surface area contributed by atoms with Crippen molar-refractivity contribution in [3.8, 4) is 45.8 Å². The Bertz CT molecular complexity index is 3010. The van der Waals surface area contributed by atoms with Gasteiger partial charge < -0.3 is 40.7 Å². The number of fused-ring (bicyclic) bond motifs is 4. The number of aromatic hydroxyl groups is 2. The molecule has 3 aromatic heterocycles. The third kappa shape index (κ3) is 10.8. The third-order valence-electron chi connectivity index (χ3n) is 14.1. The average Bonchev–Trinajstić information content (AvgIpc) is 4.14. The standard InChI is InChI=1S/C25H24FN5O.C25H32N6O3.C5H11N/c1-14-5-3-6-16-7-4-8-18(20(14)16)22-21(26)23-19(11-28-22)24(30-25(29-23)32-2)31-12-15-9-17(13-31)27-10-15;1-4-27-25(34)24-29-28-23(20-13-19(16(2)3)21(32)14-22(20)33)31(24)18-7-5-17(6-8-18)15-30-11-9-26-10-12-30;1-6-4-2-3-5-6/h3-8,11,15,17,27H,9-10,12-13H2,1-2H3;5-8,13-14,16,26,32-33H,4,9-12,15H2,1-3H3,(H,27,34);2-5H2,1H3. The van der Waals surface area contributed by atoms with Crippen LogP contribution in [-0.2, 0) is 6.54 Å². The van der Waals surface area contributed by atoms with E-state index in [4.69, 9.17) is 4.74 Å². The summed E-state index contributed by atoms with van der Waals surface area (Å²) < 4.78 is 23.0. The first-order valence-electron chi connectivity index (χ1n) is 25.3. The summed E-state index contributed by atoms with van der Waals surface area (Å²) in [4.78, 5) is 33.4. The van der Waals surface area contributed by atoms with Crippen molar-refractivity contribution in [2.45, 2.75) is 65.5 Å². The fraction of sp³-hybridized carbons (Fsp3) is 0.418. The number of nitrogens with one attached hydrogen (secondary N) is 3. The molecular formula is C55H67FN12O4. The first-order chi connectivity index (χ1) is 34.9. The maximum Gasteiger partial charge on any atom is 0.318 e. The van der Waals surface area contributed by atoms with Gasteiger partial charge in [0.15, 0.2) is 11.6 Å². The van der Waals surface area contributed by atoms with Crippen molar-refractivity contribution >= 4 is 33.4 Å². The summed E-state index contributed by atoms with van der Waals surface area (Å²) in [5.74, 6) is 0.838. The van der Waals surface area contributed by atoms with Crippen LogP contribution in [0.2, 0.25) is 0 Å². The molecule has 4 aliphatic rings. The maximum atomic E-state index is 16.0. The molecule has 16 nitrogen and oxygen atoms in total. The normalized spacial score (nSPS) is 18.0. The highest BCUT2D eigenvalue weighted by Crippen LogP contribution is 2.40. The molecule has 4 aliphatic heterocycles. The lowest BCUT2D eigenvalue weighted by Gasteiger charge is -2.32. The summed E-state index contributed by atoms with van der Waals surface area (Å²) in [6, 6.07) is 23.5. The zero-order valence-electron chi connectivity index (χ0n) is 42.3. The summed E-state index contributed by atoms with van der Waals surface area (Å²) >= 11 is 0. The molecule has 0 saturated carbocycles. The van der Waals surface area contributed by atoms with E-state index < -0.39 is 5.82 Å². The van der Waals surface area contributed by atoms with Gasteiger partial charge in [-0.15, -0.1) is 10.2 Å². The Morgan fingerprint density at radius 1 is 0.931 bits per heavy atom. The van der Waals surface area contributed by atoms with Gasteiger partial charge in [0.1, 0.15) is 28.5 Å². The Morgan fingerprint density at radius 2 is 1.68 bits per heavy atom. The number of carbonyl (C=O) groups excluding carboxylic acids is 1. The number of anilines is 1. The molecule has 7 aromatic rings. The lowest BCUT2D eigenvalue weighted by molar-refractivity contribution is 0.0943. The number of halogens is 1. The second-order valence-corrected chi connectivity index (χ2v) is 19.6. The van der Waals surface area contributed by atoms with Crippen LogP contribution in [0.4, 0.5) is 10.2 Å². The molecule has 0 aliphatic carbocycles. The topological polar surface area (TPSA) is 182 Å². The number of pyridine rings is 1. The Balaban J connectivity index is 0.000000159. The summed E-state index contributed by atoms with van der Waals surface area (Å²) in [7, 11) is 3.69. The Labute approximate surface area is 420 Å². The Hall–Kier alpha value is -6.79. The van der Waals surface area contributed by atoms with Crippen molar-refractivity contribution in [3.63, 3.8) is 0 Å². The smallest absolute Gasteiger partial charge is 0.318 e. The average molecular weight is 979 g/mol. The van der Waals surface area contributed by atoms with Gasteiger partial charge in [0.25, 0.3) is 5.91 Å². The van der Waals surface area contributed by atoms with E-state index in [9.17, 15) is 15.0 Å². The van der Waals surface area contributed by atoms with E-state index in [0.29, 0.717) is 58.0 Å².